The van der Waals surface area contributed by atoms with Gasteiger partial charge in [0.15, 0.2) is 0 Å². The van der Waals surface area contributed by atoms with Crippen LogP contribution in [-0.2, 0) is 32.6 Å². The molecule has 0 radical (unpaired) electrons. The molecule has 1 amide bonds. The second-order valence-electron chi connectivity index (χ2n) is 6.90. The Morgan fingerprint density at radius 2 is 1.83 bits per heavy atom. The molecule has 2 aromatic carbocycles. The molecule has 3 rings (SSSR count). The van der Waals surface area contributed by atoms with Crippen LogP contribution in [0.15, 0.2) is 53.4 Å². The predicted molar refractivity (Wildman–Crippen MR) is 109 cm³/mol. The maximum Gasteiger partial charge on any atom is 0.303 e. The SMILES string of the molecule is CCN(Cc1ccccc1)S(=O)(=O)c1ccc2c(c1)CCN2C(=O)CCC(=O)O. The molecule has 0 saturated carbocycles. The summed E-state index contributed by atoms with van der Waals surface area (Å²) in [5, 5.41) is 8.77. The third-order valence-electron chi connectivity index (χ3n) is 4.99. The molecule has 1 heterocycles. The number of hydrogen-bond acceptors (Lipinski definition) is 4. The minimum atomic E-state index is -3.68. The molecule has 1 aliphatic heterocycles. The Balaban J connectivity index is 1.81. The largest absolute Gasteiger partial charge is 0.481 e. The van der Waals surface area contributed by atoms with E-state index in [2.05, 4.69) is 0 Å². The van der Waals surface area contributed by atoms with Crippen LogP contribution in [0.5, 0.6) is 0 Å². The number of carboxylic acids is 1. The zero-order valence-corrected chi connectivity index (χ0v) is 17.1. The Morgan fingerprint density at radius 3 is 2.48 bits per heavy atom. The molecule has 0 fully saturated rings. The van der Waals surface area contributed by atoms with E-state index in [1.807, 2.05) is 30.3 Å². The first-order valence-electron chi connectivity index (χ1n) is 9.52. The summed E-state index contributed by atoms with van der Waals surface area (Å²) in [6.07, 6.45) is 0.250. The van der Waals surface area contributed by atoms with Gasteiger partial charge in [-0.2, -0.15) is 4.31 Å². The number of carbonyl (C=O) groups is 2. The first kappa shape index (κ1) is 21.0. The Kier molecular flexibility index (Phi) is 6.34. The van der Waals surface area contributed by atoms with E-state index in [1.165, 1.54) is 15.3 Å². The first-order valence-corrected chi connectivity index (χ1v) is 11.0. The highest BCUT2D eigenvalue weighted by atomic mass is 32.2. The summed E-state index contributed by atoms with van der Waals surface area (Å²) in [6.45, 7) is 2.86. The first-order chi connectivity index (χ1) is 13.8. The number of carbonyl (C=O) groups excluding carboxylic acids is 1. The van der Waals surface area contributed by atoms with Crippen LogP contribution in [0.25, 0.3) is 0 Å². The zero-order chi connectivity index (χ0) is 21.0. The van der Waals surface area contributed by atoms with Gasteiger partial charge in [0.25, 0.3) is 0 Å². The monoisotopic (exact) mass is 416 g/mol. The fraction of sp³-hybridized carbons (Fsp3) is 0.333. The van der Waals surface area contributed by atoms with Gasteiger partial charge < -0.3 is 10.0 Å². The fourth-order valence-corrected chi connectivity index (χ4v) is 4.94. The standard InChI is InChI=1S/C21H24N2O5S/c1-2-22(15-16-6-4-3-5-7-16)29(27,28)18-8-9-19-17(14-18)12-13-23(19)20(24)10-11-21(25)26/h3-9,14H,2,10-13,15H2,1H3,(H,25,26). The second-order valence-corrected chi connectivity index (χ2v) is 8.83. The molecule has 0 spiro atoms. The number of amides is 1. The topological polar surface area (TPSA) is 95.0 Å². The van der Waals surface area contributed by atoms with Crippen molar-refractivity contribution in [2.75, 3.05) is 18.0 Å². The molecule has 8 heteroatoms. The van der Waals surface area contributed by atoms with Crippen LogP contribution >= 0.6 is 0 Å². The normalized spacial score (nSPS) is 13.5. The predicted octanol–water partition coefficient (Wildman–Crippen LogP) is 2.65. The molecule has 1 aliphatic rings. The molecule has 0 aliphatic carbocycles. The summed E-state index contributed by atoms with van der Waals surface area (Å²) in [6, 6.07) is 14.2. The minimum absolute atomic E-state index is 0.0739. The lowest BCUT2D eigenvalue weighted by atomic mass is 10.2. The zero-order valence-electron chi connectivity index (χ0n) is 16.2. The summed E-state index contributed by atoms with van der Waals surface area (Å²) >= 11 is 0. The van der Waals surface area contributed by atoms with Gasteiger partial charge in [-0.15, -0.1) is 0 Å². The van der Waals surface area contributed by atoms with Gasteiger partial charge >= 0.3 is 5.97 Å². The van der Waals surface area contributed by atoms with Crippen LogP contribution in [0.4, 0.5) is 5.69 Å². The number of hydrogen-bond donors (Lipinski definition) is 1. The van der Waals surface area contributed by atoms with Crippen LogP contribution in [-0.4, -0.2) is 42.8 Å². The maximum atomic E-state index is 13.1. The van der Waals surface area contributed by atoms with E-state index in [0.717, 1.165) is 11.1 Å². The van der Waals surface area contributed by atoms with E-state index in [-0.39, 0.29) is 30.2 Å². The highest BCUT2D eigenvalue weighted by Crippen LogP contribution is 2.32. The van der Waals surface area contributed by atoms with E-state index >= 15 is 0 Å². The molecule has 0 saturated heterocycles. The summed E-state index contributed by atoms with van der Waals surface area (Å²) in [5.74, 6) is -1.28. The Bertz CT molecular complexity index is 1000. The molecule has 1 N–H and O–H groups in total. The Morgan fingerprint density at radius 1 is 1.10 bits per heavy atom. The Hall–Kier alpha value is -2.71. The number of benzene rings is 2. The third-order valence-corrected chi connectivity index (χ3v) is 6.91. The van der Waals surface area contributed by atoms with Crippen molar-refractivity contribution in [3.05, 3.63) is 59.7 Å². The second kappa shape index (κ2) is 8.75. The number of anilines is 1. The van der Waals surface area contributed by atoms with Crippen LogP contribution in [0, 0.1) is 0 Å². The van der Waals surface area contributed by atoms with Crippen molar-refractivity contribution in [3.63, 3.8) is 0 Å². The van der Waals surface area contributed by atoms with Gasteiger partial charge in [0.05, 0.1) is 11.3 Å². The lowest BCUT2D eigenvalue weighted by Crippen LogP contribution is -2.30. The molecule has 0 atom stereocenters. The molecule has 0 bridgehead atoms. The van der Waals surface area contributed by atoms with Crippen molar-refractivity contribution < 1.29 is 23.1 Å². The van der Waals surface area contributed by atoms with Crippen LogP contribution < -0.4 is 4.90 Å². The summed E-state index contributed by atoms with van der Waals surface area (Å²) in [4.78, 5) is 24.7. The third kappa shape index (κ3) is 4.65. The minimum Gasteiger partial charge on any atom is -0.481 e. The molecule has 7 nitrogen and oxygen atoms in total. The number of fused-ring (bicyclic) bond motifs is 1. The number of aliphatic carboxylic acids is 1. The molecule has 2 aromatic rings. The van der Waals surface area contributed by atoms with E-state index < -0.39 is 16.0 Å². The van der Waals surface area contributed by atoms with Crippen LogP contribution in [0.3, 0.4) is 0 Å². The van der Waals surface area contributed by atoms with Crippen molar-refractivity contribution in [2.24, 2.45) is 0 Å². The lowest BCUT2D eigenvalue weighted by Gasteiger charge is -2.22. The number of sulfonamides is 1. The smallest absolute Gasteiger partial charge is 0.303 e. The van der Waals surface area contributed by atoms with Crippen molar-refractivity contribution in [1.82, 2.24) is 4.31 Å². The summed E-state index contributed by atoms with van der Waals surface area (Å²) in [5.41, 5.74) is 2.35. The number of nitrogens with zero attached hydrogens (tertiary/aromatic N) is 2. The summed E-state index contributed by atoms with van der Waals surface area (Å²) in [7, 11) is -3.68. The van der Waals surface area contributed by atoms with Gasteiger partial charge in [-0.05, 0) is 35.7 Å². The number of rotatable bonds is 8. The van der Waals surface area contributed by atoms with E-state index in [4.69, 9.17) is 5.11 Å². The highest BCUT2D eigenvalue weighted by Gasteiger charge is 2.29. The van der Waals surface area contributed by atoms with Crippen LogP contribution in [0.1, 0.15) is 30.9 Å². The van der Waals surface area contributed by atoms with Crippen molar-refractivity contribution in [2.45, 2.75) is 37.6 Å². The van der Waals surface area contributed by atoms with E-state index in [1.54, 1.807) is 19.1 Å². The van der Waals surface area contributed by atoms with Gasteiger partial charge in [-0.25, -0.2) is 8.42 Å². The maximum absolute atomic E-state index is 13.1. The van der Waals surface area contributed by atoms with E-state index in [0.29, 0.717) is 25.2 Å². The van der Waals surface area contributed by atoms with E-state index in [9.17, 15) is 18.0 Å². The number of carboxylic acid groups (broad SMARTS) is 1. The lowest BCUT2D eigenvalue weighted by molar-refractivity contribution is -0.138. The van der Waals surface area contributed by atoms with Crippen LogP contribution in [0.2, 0.25) is 0 Å². The van der Waals surface area contributed by atoms with Crippen molar-refractivity contribution in [1.29, 1.82) is 0 Å². The molecule has 0 unspecified atom stereocenters. The van der Waals surface area contributed by atoms with Gasteiger partial charge in [0, 0.05) is 31.7 Å². The fourth-order valence-electron chi connectivity index (χ4n) is 3.45. The quantitative estimate of drug-likeness (QED) is 0.714. The molecule has 29 heavy (non-hydrogen) atoms. The molecular formula is C21H24N2O5S. The highest BCUT2D eigenvalue weighted by molar-refractivity contribution is 7.89. The van der Waals surface area contributed by atoms with Crippen molar-refractivity contribution in [3.8, 4) is 0 Å². The molecular weight excluding hydrogens is 392 g/mol. The van der Waals surface area contributed by atoms with Gasteiger partial charge in [0.1, 0.15) is 0 Å². The Labute approximate surface area is 170 Å². The van der Waals surface area contributed by atoms with Gasteiger partial charge in [-0.1, -0.05) is 37.3 Å². The van der Waals surface area contributed by atoms with Gasteiger partial charge in [0.2, 0.25) is 15.9 Å². The average Bonchev–Trinajstić information content (AvgIpc) is 3.14. The summed E-state index contributed by atoms with van der Waals surface area (Å²) < 4.78 is 27.7. The molecule has 154 valence electrons. The van der Waals surface area contributed by atoms with Crippen molar-refractivity contribution >= 4 is 27.6 Å². The van der Waals surface area contributed by atoms with Gasteiger partial charge in [-0.3, -0.25) is 9.59 Å². The average molecular weight is 416 g/mol. The molecule has 0 aromatic heterocycles.